The van der Waals surface area contributed by atoms with Crippen molar-refractivity contribution in [2.75, 3.05) is 0 Å². The predicted molar refractivity (Wildman–Crippen MR) is 54.9 cm³/mol. The van der Waals surface area contributed by atoms with Gasteiger partial charge in [-0.05, 0) is 12.3 Å². The fraction of sp³-hybridized carbons (Fsp3) is 0.700. The van der Waals surface area contributed by atoms with Crippen LogP contribution in [-0.2, 0) is 0 Å². The molecule has 0 aliphatic heterocycles. The fourth-order valence-corrected chi connectivity index (χ4v) is 1.96. The molecule has 1 unspecified atom stereocenters. The molecule has 1 nitrogen and oxygen atoms in total. The van der Waals surface area contributed by atoms with Crippen LogP contribution in [0.2, 0.25) is 0 Å². The molecule has 0 fully saturated rings. The van der Waals surface area contributed by atoms with Gasteiger partial charge in [-0.2, -0.15) is 0 Å². The normalized spacial score (nSPS) is 13.8. The quantitative estimate of drug-likeness (QED) is 0.695. The van der Waals surface area contributed by atoms with E-state index in [9.17, 15) is 0 Å². The lowest BCUT2D eigenvalue weighted by atomic mass is 10.1. The maximum absolute atomic E-state index is 4.60. The van der Waals surface area contributed by atoms with Gasteiger partial charge >= 0.3 is 0 Å². The molecule has 1 aromatic rings. The Balaban J connectivity index is 2.77. The van der Waals surface area contributed by atoms with Crippen LogP contribution < -0.4 is 0 Å². The van der Waals surface area contributed by atoms with Crippen molar-refractivity contribution in [1.82, 2.24) is 4.98 Å². The first-order chi connectivity index (χ1) is 5.65. The molecule has 0 aliphatic rings. The molecule has 1 heterocycles. The minimum atomic E-state index is 0.577. The summed E-state index contributed by atoms with van der Waals surface area (Å²) in [6.07, 6.45) is 1.18. The van der Waals surface area contributed by atoms with Crippen molar-refractivity contribution >= 4 is 11.3 Å². The Morgan fingerprint density at radius 2 is 2.08 bits per heavy atom. The average molecular weight is 183 g/mol. The SMILES string of the molecule is CCC(C)c1csc(C(C)C)n1. The molecule has 1 aromatic heterocycles. The van der Waals surface area contributed by atoms with Crippen LogP contribution >= 0.6 is 11.3 Å². The van der Waals surface area contributed by atoms with Gasteiger partial charge in [-0.1, -0.05) is 27.7 Å². The summed E-state index contributed by atoms with van der Waals surface area (Å²) in [6, 6.07) is 0. The number of nitrogens with zero attached hydrogens (tertiary/aromatic N) is 1. The molecular formula is C10H17NS. The summed E-state index contributed by atoms with van der Waals surface area (Å²) < 4.78 is 0. The van der Waals surface area contributed by atoms with Crippen molar-refractivity contribution in [3.05, 3.63) is 16.1 Å². The van der Waals surface area contributed by atoms with E-state index in [2.05, 4.69) is 38.1 Å². The zero-order valence-corrected chi connectivity index (χ0v) is 9.11. The van der Waals surface area contributed by atoms with Gasteiger partial charge in [0.2, 0.25) is 0 Å². The zero-order valence-electron chi connectivity index (χ0n) is 8.29. The largest absolute Gasteiger partial charge is 0.246 e. The van der Waals surface area contributed by atoms with E-state index in [1.807, 2.05) is 0 Å². The Labute approximate surface area is 78.8 Å². The number of thiazole rings is 1. The van der Waals surface area contributed by atoms with Crippen LogP contribution in [0.25, 0.3) is 0 Å². The molecule has 2 heteroatoms. The van der Waals surface area contributed by atoms with E-state index in [1.54, 1.807) is 11.3 Å². The van der Waals surface area contributed by atoms with Crippen molar-refractivity contribution < 1.29 is 0 Å². The fourth-order valence-electron chi connectivity index (χ4n) is 1.00. The van der Waals surface area contributed by atoms with Crippen LogP contribution in [0.1, 0.15) is 56.7 Å². The maximum Gasteiger partial charge on any atom is 0.0953 e. The van der Waals surface area contributed by atoms with Crippen LogP contribution in [0, 0.1) is 0 Å². The number of hydrogen-bond acceptors (Lipinski definition) is 2. The highest BCUT2D eigenvalue weighted by Gasteiger charge is 2.09. The van der Waals surface area contributed by atoms with Crippen molar-refractivity contribution in [2.24, 2.45) is 0 Å². The smallest absolute Gasteiger partial charge is 0.0953 e. The van der Waals surface area contributed by atoms with E-state index in [0.29, 0.717) is 11.8 Å². The first-order valence-electron chi connectivity index (χ1n) is 4.60. The second kappa shape index (κ2) is 4.04. The van der Waals surface area contributed by atoms with Crippen LogP contribution in [0.4, 0.5) is 0 Å². The molecule has 0 spiro atoms. The summed E-state index contributed by atoms with van der Waals surface area (Å²) in [4.78, 5) is 4.60. The van der Waals surface area contributed by atoms with E-state index in [4.69, 9.17) is 0 Å². The lowest BCUT2D eigenvalue weighted by Crippen LogP contribution is -1.93. The highest BCUT2D eigenvalue weighted by molar-refractivity contribution is 7.09. The Bertz CT molecular complexity index is 240. The number of aromatic nitrogens is 1. The molecule has 68 valence electrons. The van der Waals surface area contributed by atoms with Gasteiger partial charge in [0.05, 0.1) is 10.7 Å². The second-order valence-electron chi connectivity index (χ2n) is 3.57. The standard InChI is InChI=1S/C10H17NS/c1-5-8(4)9-6-12-10(11-9)7(2)3/h6-8H,5H2,1-4H3. The van der Waals surface area contributed by atoms with Gasteiger partial charge in [-0.3, -0.25) is 0 Å². The molecule has 12 heavy (non-hydrogen) atoms. The van der Waals surface area contributed by atoms with Crippen LogP contribution in [0.5, 0.6) is 0 Å². The molecule has 0 N–H and O–H groups in total. The molecule has 0 saturated carbocycles. The Kier molecular flexibility index (Phi) is 3.27. The first-order valence-corrected chi connectivity index (χ1v) is 5.48. The lowest BCUT2D eigenvalue weighted by Gasteiger charge is -2.03. The van der Waals surface area contributed by atoms with Gasteiger partial charge in [0.15, 0.2) is 0 Å². The Morgan fingerprint density at radius 1 is 1.42 bits per heavy atom. The minimum absolute atomic E-state index is 0.577. The number of rotatable bonds is 3. The summed E-state index contributed by atoms with van der Waals surface area (Å²) in [7, 11) is 0. The molecule has 0 aliphatic carbocycles. The van der Waals surface area contributed by atoms with Gasteiger partial charge in [0, 0.05) is 11.3 Å². The molecule has 0 aromatic carbocycles. The van der Waals surface area contributed by atoms with Gasteiger partial charge in [-0.15, -0.1) is 11.3 Å². The van der Waals surface area contributed by atoms with Gasteiger partial charge in [-0.25, -0.2) is 4.98 Å². The maximum atomic E-state index is 4.60. The Hall–Kier alpha value is -0.370. The van der Waals surface area contributed by atoms with Crippen LogP contribution in [-0.4, -0.2) is 4.98 Å². The van der Waals surface area contributed by atoms with E-state index >= 15 is 0 Å². The van der Waals surface area contributed by atoms with Gasteiger partial charge < -0.3 is 0 Å². The van der Waals surface area contributed by atoms with Crippen LogP contribution in [0.15, 0.2) is 5.38 Å². The monoisotopic (exact) mass is 183 g/mol. The van der Waals surface area contributed by atoms with Crippen molar-refractivity contribution in [3.63, 3.8) is 0 Å². The zero-order chi connectivity index (χ0) is 9.14. The third-order valence-corrected chi connectivity index (χ3v) is 3.31. The van der Waals surface area contributed by atoms with Crippen molar-refractivity contribution in [1.29, 1.82) is 0 Å². The van der Waals surface area contributed by atoms with E-state index in [1.165, 1.54) is 17.1 Å². The minimum Gasteiger partial charge on any atom is -0.246 e. The summed E-state index contributed by atoms with van der Waals surface area (Å²) in [5, 5.41) is 3.47. The third-order valence-electron chi connectivity index (χ3n) is 2.15. The van der Waals surface area contributed by atoms with E-state index in [0.717, 1.165) is 0 Å². The number of hydrogen-bond donors (Lipinski definition) is 0. The molecule has 0 saturated heterocycles. The van der Waals surface area contributed by atoms with Gasteiger partial charge in [0.1, 0.15) is 0 Å². The van der Waals surface area contributed by atoms with Crippen molar-refractivity contribution in [3.8, 4) is 0 Å². The molecule has 0 amide bonds. The van der Waals surface area contributed by atoms with Gasteiger partial charge in [0.25, 0.3) is 0 Å². The van der Waals surface area contributed by atoms with E-state index in [-0.39, 0.29) is 0 Å². The van der Waals surface area contributed by atoms with Crippen molar-refractivity contribution in [2.45, 2.75) is 46.0 Å². The van der Waals surface area contributed by atoms with E-state index < -0.39 is 0 Å². The Morgan fingerprint density at radius 3 is 2.50 bits per heavy atom. The summed E-state index contributed by atoms with van der Waals surface area (Å²) in [6.45, 7) is 8.83. The molecular weight excluding hydrogens is 166 g/mol. The summed E-state index contributed by atoms with van der Waals surface area (Å²) in [5.41, 5.74) is 1.27. The topological polar surface area (TPSA) is 12.9 Å². The summed E-state index contributed by atoms with van der Waals surface area (Å²) in [5.74, 6) is 1.20. The molecule has 1 atom stereocenters. The molecule has 0 bridgehead atoms. The summed E-state index contributed by atoms with van der Waals surface area (Å²) >= 11 is 1.79. The highest BCUT2D eigenvalue weighted by atomic mass is 32.1. The lowest BCUT2D eigenvalue weighted by molar-refractivity contribution is 0.704. The second-order valence-corrected chi connectivity index (χ2v) is 4.46. The third kappa shape index (κ3) is 2.07. The molecule has 0 radical (unpaired) electrons. The average Bonchev–Trinajstić information content (AvgIpc) is 2.51. The predicted octanol–water partition coefficient (Wildman–Crippen LogP) is 3.78. The first kappa shape index (κ1) is 9.72. The van der Waals surface area contributed by atoms with Crippen LogP contribution in [0.3, 0.4) is 0 Å². The molecule has 1 rings (SSSR count). The highest BCUT2D eigenvalue weighted by Crippen LogP contribution is 2.24.